The molecule has 0 bridgehead atoms. The second-order valence-corrected chi connectivity index (χ2v) is 6.36. The van der Waals surface area contributed by atoms with Crippen molar-refractivity contribution in [3.63, 3.8) is 0 Å². The van der Waals surface area contributed by atoms with Crippen LogP contribution in [-0.2, 0) is 13.0 Å². The van der Waals surface area contributed by atoms with E-state index in [-0.39, 0.29) is 0 Å². The number of benzene rings is 1. The summed E-state index contributed by atoms with van der Waals surface area (Å²) in [6.07, 6.45) is 2.93. The third-order valence-electron chi connectivity index (χ3n) is 3.99. The number of hydrogen-bond acceptors (Lipinski definition) is 4. The minimum absolute atomic E-state index is 0.334. The van der Waals surface area contributed by atoms with Crippen LogP contribution < -0.4 is 5.32 Å². The molecule has 4 heteroatoms. The molecule has 3 rings (SSSR count). The number of nitrogens with zero attached hydrogens (tertiary/aromatic N) is 3. The lowest BCUT2D eigenvalue weighted by molar-refractivity contribution is 0.508. The van der Waals surface area contributed by atoms with Crippen LogP contribution in [0.15, 0.2) is 35.3 Å². The van der Waals surface area contributed by atoms with E-state index in [1.807, 2.05) is 13.4 Å². The van der Waals surface area contributed by atoms with E-state index in [1.165, 1.54) is 5.56 Å². The zero-order valence-electron chi connectivity index (χ0n) is 14.3. The molecule has 0 aliphatic carbocycles. The number of aryl methyl sites for hydroxylation is 1. The lowest BCUT2D eigenvalue weighted by Crippen LogP contribution is -2.22. The van der Waals surface area contributed by atoms with Gasteiger partial charge >= 0.3 is 0 Å². The Morgan fingerprint density at radius 1 is 1.22 bits per heavy atom. The molecule has 1 aliphatic heterocycles. The zero-order chi connectivity index (χ0) is 16.4. The van der Waals surface area contributed by atoms with Crippen molar-refractivity contribution < 1.29 is 0 Å². The van der Waals surface area contributed by atoms with E-state index < -0.39 is 0 Å². The molecule has 23 heavy (non-hydrogen) atoms. The fourth-order valence-electron chi connectivity index (χ4n) is 2.73. The van der Waals surface area contributed by atoms with Gasteiger partial charge in [0, 0.05) is 30.8 Å². The Morgan fingerprint density at radius 2 is 1.96 bits per heavy atom. The highest BCUT2D eigenvalue weighted by molar-refractivity contribution is 5.76. The number of fused-ring (bicyclic) bond motifs is 1. The van der Waals surface area contributed by atoms with Crippen LogP contribution in [0.3, 0.4) is 0 Å². The third kappa shape index (κ3) is 3.36. The Hall–Kier alpha value is -2.36. The van der Waals surface area contributed by atoms with Gasteiger partial charge in [0.2, 0.25) is 0 Å². The molecule has 1 aromatic carbocycles. The maximum atomic E-state index is 4.87. The van der Waals surface area contributed by atoms with Gasteiger partial charge in [-0.1, -0.05) is 31.2 Å². The topological polar surface area (TPSA) is 40.5 Å². The maximum Gasteiger partial charge on any atom is 0.134 e. The molecular formula is C19H24N4. The first-order valence-corrected chi connectivity index (χ1v) is 8.21. The minimum atomic E-state index is 0.334. The van der Waals surface area contributed by atoms with Crippen LogP contribution >= 0.6 is 0 Å². The summed E-state index contributed by atoms with van der Waals surface area (Å²) in [5, 5.41) is 3.47. The normalized spacial score (nSPS) is 13.3. The van der Waals surface area contributed by atoms with Gasteiger partial charge in [0.05, 0.1) is 17.7 Å². The molecule has 0 amide bonds. The minimum Gasteiger partial charge on any atom is -0.368 e. The molecule has 0 saturated carbocycles. The predicted octanol–water partition coefficient (Wildman–Crippen LogP) is 4.24. The monoisotopic (exact) mass is 308 g/mol. The van der Waals surface area contributed by atoms with Gasteiger partial charge in [-0.05, 0) is 31.9 Å². The van der Waals surface area contributed by atoms with Crippen molar-refractivity contribution in [3.05, 3.63) is 41.5 Å². The average molecular weight is 308 g/mol. The van der Waals surface area contributed by atoms with Gasteiger partial charge in [0.1, 0.15) is 5.82 Å². The van der Waals surface area contributed by atoms with Gasteiger partial charge in [-0.15, -0.1) is 0 Å². The Morgan fingerprint density at radius 3 is 2.61 bits per heavy atom. The van der Waals surface area contributed by atoms with Crippen LogP contribution in [0.4, 0.5) is 11.5 Å². The summed E-state index contributed by atoms with van der Waals surface area (Å²) in [6, 6.07) is 11.1. The van der Waals surface area contributed by atoms with Gasteiger partial charge in [-0.25, -0.2) is 9.98 Å². The van der Waals surface area contributed by atoms with Crippen LogP contribution in [0.5, 0.6) is 0 Å². The molecule has 0 saturated heterocycles. The molecule has 0 fully saturated rings. The molecule has 0 unspecified atom stereocenters. The first-order chi connectivity index (χ1) is 11.1. The summed E-state index contributed by atoms with van der Waals surface area (Å²) < 4.78 is 0. The van der Waals surface area contributed by atoms with Crippen molar-refractivity contribution in [1.29, 1.82) is 0 Å². The van der Waals surface area contributed by atoms with Crippen LogP contribution in [-0.4, -0.2) is 29.3 Å². The number of rotatable bonds is 4. The highest BCUT2D eigenvalue weighted by Gasteiger charge is 2.17. The number of anilines is 1. The van der Waals surface area contributed by atoms with Crippen LogP contribution in [0, 0.1) is 0 Å². The van der Waals surface area contributed by atoms with E-state index in [9.17, 15) is 0 Å². The smallest absolute Gasteiger partial charge is 0.134 e. The summed E-state index contributed by atoms with van der Waals surface area (Å²) in [5.41, 5.74) is 5.61. The lowest BCUT2D eigenvalue weighted by atomic mass is 10.0. The van der Waals surface area contributed by atoms with E-state index >= 15 is 0 Å². The van der Waals surface area contributed by atoms with E-state index in [0.29, 0.717) is 6.04 Å². The van der Waals surface area contributed by atoms with Gasteiger partial charge in [0.25, 0.3) is 0 Å². The Balaban J connectivity index is 2.06. The third-order valence-corrected chi connectivity index (χ3v) is 3.99. The SMILES string of the molecule is CCc1ccc(-c2cc3c(c(NC(C)C)n2)CN(C)C=N3)cc1. The summed E-state index contributed by atoms with van der Waals surface area (Å²) in [7, 11) is 2.03. The summed E-state index contributed by atoms with van der Waals surface area (Å²) >= 11 is 0. The van der Waals surface area contributed by atoms with Crippen molar-refractivity contribution in [1.82, 2.24) is 9.88 Å². The molecule has 1 aliphatic rings. The average Bonchev–Trinajstić information content (AvgIpc) is 2.54. The predicted molar refractivity (Wildman–Crippen MR) is 97.4 cm³/mol. The van der Waals surface area contributed by atoms with Crippen LogP contribution in [0.25, 0.3) is 11.3 Å². The quantitative estimate of drug-likeness (QED) is 0.918. The standard InChI is InChI=1S/C19H24N4/c1-5-14-6-8-15(9-7-14)17-10-18-16(11-23(4)12-20-18)19(22-17)21-13(2)3/h6-10,12-13H,5,11H2,1-4H3,(H,21,22). The second-order valence-electron chi connectivity index (χ2n) is 6.36. The summed E-state index contributed by atoms with van der Waals surface area (Å²) in [5.74, 6) is 0.941. The van der Waals surface area contributed by atoms with Crippen molar-refractivity contribution in [3.8, 4) is 11.3 Å². The fourth-order valence-corrected chi connectivity index (χ4v) is 2.73. The largest absolute Gasteiger partial charge is 0.368 e. The Kier molecular flexibility index (Phi) is 4.33. The highest BCUT2D eigenvalue weighted by Crippen LogP contribution is 2.34. The first kappa shape index (κ1) is 15.5. The number of aromatic nitrogens is 1. The molecule has 4 nitrogen and oxygen atoms in total. The molecule has 0 spiro atoms. The van der Waals surface area contributed by atoms with Gasteiger partial charge in [-0.3, -0.25) is 0 Å². The van der Waals surface area contributed by atoms with E-state index in [2.05, 4.69) is 66.3 Å². The zero-order valence-corrected chi connectivity index (χ0v) is 14.3. The molecule has 0 radical (unpaired) electrons. The summed E-state index contributed by atoms with van der Waals surface area (Å²) in [4.78, 5) is 11.5. The van der Waals surface area contributed by atoms with Crippen molar-refractivity contribution in [2.45, 2.75) is 39.8 Å². The number of hydrogen-bond donors (Lipinski definition) is 1. The molecular weight excluding hydrogens is 284 g/mol. The van der Waals surface area contributed by atoms with Crippen LogP contribution in [0.1, 0.15) is 31.9 Å². The molecule has 0 atom stereocenters. The molecule has 120 valence electrons. The number of aliphatic imine (C=N–C) groups is 1. The van der Waals surface area contributed by atoms with E-state index in [0.717, 1.165) is 41.3 Å². The van der Waals surface area contributed by atoms with E-state index in [4.69, 9.17) is 4.98 Å². The first-order valence-electron chi connectivity index (χ1n) is 8.21. The van der Waals surface area contributed by atoms with Crippen molar-refractivity contribution >= 4 is 17.8 Å². The van der Waals surface area contributed by atoms with Crippen molar-refractivity contribution in [2.75, 3.05) is 12.4 Å². The molecule has 1 N–H and O–H groups in total. The fraction of sp³-hybridized carbons (Fsp3) is 0.368. The van der Waals surface area contributed by atoms with Crippen LogP contribution in [0.2, 0.25) is 0 Å². The van der Waals surface area contributed by atoms with Crippen molar-refractivity contribution in [2.24, 2.45) is 4.99 Å². The lowest BCUT2D eigenvalue weighted by Gasteiger charge is -2.24. The van der Waals surface area contributed by atoms with Gasteiger partial charge < -0.3 is 10.2 Å². The maximum absolute atomic E-state index is 4.87. The highest BCUT2D eigenvalue weighted by atomic mass is 15.2. The molecule has 2 aromatic rings. The number of pyridine rings is 1. The number of nitrogens with one attached hydrogen (secondary N) is 1. The second kappa shape index (κ2) is 6.41. The van der Waals surface area contributed by atoms with Gasteiger partial charge in [-0.2, -0.15) is 0 Å². The van der Waals surface area contributed by atoms with Gasteiger partial charge in [0.15, 0.2) is 0 Å². The Bertz CT molecular complexity index is 717. The Labute approximate surface area is 138 Å². The molecule has 1 aromatic heterocycles. The van der Waals surface area contributed by atoms with E-state index in [1.54, 1.807) is 0 Å². The molecule has 2 heterocycles. The summed E-state index contributed by atoms with van der Waals surface area (Å²) in [6.45, 7) is 7.26.